The third-order valence-corrected chi connectivity index (χ3v) is 4.43. The van der Waals surface area contributed by atoms with E-state index in [2.05, 4.69) is 25.3 Å². The predicted molar refractivity (Wildman–Crippen MR) is 93.3 cm³/mol. The fourth-order valence-corrected chi connectivity index (χ4v) is 3.15. The molecule has 0 spiro atoms. The Morgan fingerprint density at radius 3 is 2.79 bits per heavy atom. The van der Waals surface area contributed by atoms with E-state index in [0.29, 0.717) is 41.2 Å². The van der Waals surface area contributed by atoms with Crippen LogP contribution in [0.3, 0.4) is 0 Å². The molecule has 4 heterocycles. The minimum atomic E-state index is -4.45. The van der Waals surface area contributed by atoms with Crippen molar-refractivity contribution in [2.24, 2.45) is 0 Å². The van der Waals surface area contributed by atoms with Crippen LogP contribution in [0, 0.1) is 0 Å². The van der Waals surface area contributed by atoms with Crippen molar-refractivity contribution in [2.45, 2.75) is 19.0 Å². The summed E-state index contributed by atoms with van der Waals surface area (Å²) < 4.78 is 38.6. The number of nitrogens with zero attached hydrogens (tertiary/aromatic N) is 4. The van der Waals surface area contributed by atoms with Gasteiger partial charge in [0, 0.05) is 42.8 Å². The molecule has 0 aromatic carbocycles. The number of hydrogen-bond donors (Lipinski definition) is 1. The highest BCUT2D eigenvalue weighted by molar-refractivity contribution is 5.98. The lowest BCUT2D eigenvalue weighted by Crippen LogP contribution is -2.32. The quantitative estimate of drug-likeness (QED) is 0.750. The molecule has 4 rings (SSSR count). The van der Waals surface area contributed by atoms with Crippen LogP contribution in [0.25, 0.3) is 11.4 Å². The molecule has 6 nitrogen and oxygen atoms in total. The molecule has 9 heteroatoms. The first-order valence-corrected chi connectivity index (χ1v) is 8.50. The average Bonchev–Trinajstić information content (AvgIpc) is 2.68. The largest absolute Gasteiger partial charge is 0.417 e. The van der Waals surface area contributed by atoms with Gasteiger partial charge < -0.3 is 5.32 Å². The molecule has 0 fully saturated rings. The number of aromatic nitrogens is 4. The number of rotatable bonds is 3. The summed E-state index contributed by atoms with van der Waals surface area (Å²) in [6, 6.07) is 4.39. The molecular formula is C19H14F3N5O. The number of nitrogens with one attached hydrogen (secondary N) is 1. The van der Waals surface area contributed by atoms with Crippen LogP contribution >= 0.6 is 0 Å². The fraction of sp³-hybridized carbons (Fsp3) is 0.211. The van der Waals surface area contributed by atoms with Gasteiger partial charge in [-0.3, -0.25) is 14.8 Å². The highest BCUT2D eigenvalue weighted by Crippen LogP contribution is 2.29. The summed E-state index contributed by atoms with van der Waals surface area (Å²) in [5.41, 5.74) is 2.58. The molecule has 3 aromatic heterocycles. The number of hydrogen-bond acceptors (Lipinski definition) is 5. The van der Waals surface area contributed by atoms with E-state index in [1.807, 2.05) is 0 Å². The number of carbonyl (C=O) groups excluding carboxylic acids is 1. The minimum absolute atomic E-state index is 0.158. The van der Waals surface area contributed by atoms with E-state index in [9.17, 15) is 18.0 Å². The third kappa shape index (κ3) is 3.55. The Morgan fingerprint density at radius 2 is 1.96 bits per heavy atom. The van der Waals surface area contributed by atoms with Gasteiger partial charge in [-0.15, -0.1) is 0 Å². The van der Waals surface area contributed by atoms with Gasteiger partial charge in [-0.1, -0.05) is 0 Å². The van der Waals surface area contributed by atoms with Crippen LogP contribution in [0.1, 0.15) is 32.7 Å². The maximum Gasteiger partial charge on any atom is 0.417 e. The molecule has 1 N–H and O–H groups in total. The lowest BCUT2D eigenvalue weighted by atomic mass is 9.97. The standard InChI is InChI=1S/C19H14F3N5O/c20-19(21,22)12-5-11(8-23-9-12)6-13-7-16(27-10-26-13)17-14-1-4-25-18(28)15(14)2-3-24-17/h2-3,5,7-10H,1,4,6H2,(H,25,28). The Kier molecular flexibility index (Phi) is 4.50. The van der Waals surface area contributed by atoms with Crippen LogP contribution in [0.4, 0.5) is 13.2 Å². The van der Waals surface area contributed by atoms with Gasteiger partial charge in [0.2, 0.25) is 0 Å². The number of alkyl halides is 3. The monoisotopic (exact) mass is 385 g/mol. The average molecular weight is 385 g/mol. The summed E-state index contributed by atoms with van der Waals surface area (Å²) >= 11 is 0. The minimum Gasteiger partial charge on any atom is -0.352 e. The number of amides is 1. The van der Waals surface area contributed by atoms with E-state index in [-0.39, 0.29) is 12.3 Å². The van der Waals surface area contributed by atoms with Crippen LogP contribution in [-0.2, 0) is 19.0 Å². The Morgan fingerprint density at radius 1 is 1.11 bits per heavy atom. The van der Waals surface area contributed by atoms with Gasteiger partial charge in [-0.25, -0.2) is 9.97 Å². The summed E-state index contributed by atoms with van der Waals surface area (Å²) in [5.74, 6) is -0.158. The normalized spacial score (nSPS) is 13.8. The number of fused-ring (bicyclic) bond motifs is 1. The molecule has 0 saturated carbocycles. The zero-order valence-corrected chi connectivity index (χ0v) is 14.5. The highest BCUT2D eigenvalue weighted by Gasteiger charge is 2.31. The topological polar surface area (TPSA) is 80.7 Å². The number of carbonyl (C=O) groups is 1. The van der Waals surface area contributed by atoms with Crippen LogP contribution in [0.15, 0.2) is 43.1 Å². The van der Waals surface area contributed by atoms with Gasteiger partial charge >= 0.3 is 6.18 Å². The van der Waals surface area contributed by atoms with Gasteiger partial charge in [0.15, 0.2) is 0 Å². The summed E-state index contributed by atoms with van der Waals surface area (Å²) in [7, 11) is 0. The van der Waals surface area contributed by atoms with Crippen LogP contribution < -0.4 is 5.32 Å². The Hall–Kier alpha value is -3.36. The number of halogens is 3. The third-order valence-electron chi connectivity index (χ3n) is 4.43. The first-order chi connectivity index (χ1) is 13.4. The summed E-state index contributed by atoms with van der Waals surface area (Å²) in [6.07, 6.45) is 1.40. The first-order valence-electron chi connectivity index (χ1n) is 8.50. The Labute approximate surface area is 157 Å². The van der Waals surface area contributed by atoms with Crippen molar-refractivity contribution in [3.8, 4) is 11.4 Å². The molecule has 3 aromatic rings. The van der Waals surface area contributed by atoms with E-state index < -0.39 is 11.7 Å². The second-order valence-corrected chi connectivity index (χ2v) is 6.34. The zero-order valence-electron chi connectivity index (χ0n) is 14.5. The maximum atomic E-state index is 12.9. The van der Waals surface area contributed by atoms with Crippen molar-refractivity contribution >= 4 is 5.91 Å². The van der Waals surface area contributed by atoms with E-state index in [1.54, 1.807) is 12.1 Å². The second kappa shape index (κ2) is 6.99. The van der Waals surface area contributed by atoms with Crippen molar-refractivity contribution < 1.29 is 18.0 Å². The molecule has 0 bridgehead atoms. The predicted octanol–water partition coefficient (Wildman–Crippen LogP) is 2.83. The molecular weight excluding hydrogens is 371 g/mol. The fourth-order valence-electron chi connectivity index (χ4n) is 3.15. The molecule has 0 aliphatic carbocycles. The second-order valence-electron chi connectivity index (χ2n) is 6.34. The van der Waals surface area contributed by atoms with E-state index in [1.165, 1.54) is 18.7 Å². The molecule has 0 saturated heterocycles. The lowest BCUT2D eigenvalue weighted by Gasteiger charge is -2.18. The van der Waals surface area contributed by atoms with Gasteiger partial charge in [0.25, 0.3) is 5.91 Å². The van der Waals surface area contributed by atoms with Crippen molar-refractivity contribution in [1.29, 1.82) is 0 Å². The van der Waals surface area contributed by atoms with Gasteiger partial charge in [-0.05, 0) is 35.7 Å². The van der Waals surface area contributed by atoms with Crippen molar-refractivity contribution in [1.82, 2.24) is 25.3 Å². The van der Waals surface area contributed by atoms with Gasteiger partial charge in [0.1, 0.15) is 6.33 Å². The van der Waals surface area contributed by atoms with Crippen molar-refractivity contribution in [3.05, 3.63) is 71.1 Å². The summed E-state index contributed by atoms with van der Waals surface area (Å²) in [6.45, 7) is 0.512. The molecule has 28 heavy (non-hydrogen) atoms. The summed E-state index contributed by atoms with van der Waals surface area (Å²) in [4.78, 5) is 28.4. The molecule has 1 amide bonds. The summed E-state index contributed by atoms with van der Waals surface area (Å²) in [5, 5.41) is 2.78. The Bertz CT molecular complexity index is 1050. The van der Waals surface area contributed by atoms with Gasteiger partial charge in [-0.2, -0.15) is 13.2 Å². The van der Waals surface area contributed by atoms with E-state index in [4.69, 9.17) is 0 Å². The van der Waals surface area contributed by atoms with Crippen LogP contribution in [-0.4, -0.2) is 32.4 Å². The smallest absolute Gasteiger partial charge is 0.352 e. The SMILES string of the molecule is O=C1NCCc2c1ccnc2-c1cc(Cc2cncc(C(F)(F)F)c2)ncn1. The van der Waals surface area contributed by atoms with E-state index >= 15 is 0 Å². The molecule has 0 atom stereocenters. The van der Waals surface area contributed by atoms with Crippen molar-refractivity contribution in [3.63, 3.8) is 0 Å². The van der Waals surface area contributed by atoms with Crippen LogP contribution in [0.5, 0.6) is 0 Å². The highest BCUT2D eigenvalue weighted by atomic mass is 19.4. The zero-order chi connectivity index (χ0) is 19.7. The lowest BCUT2D eigenvalue weighted by molar-refractivity contribution is -0.137. The van der Waals surface area contributed by atoms with Crippen molar-refractivity contribution in [2.75, 3.05) is 6.54 Å². The molecule has 1 aliphatic heterocycles. The van der Waals surface area contributed by atoms with E-state index in [0.717, 1.165) is 17.8 Å². The van der Waals surface area contributed by atoms with Gasteiger partial charge in [0.05, 0.1) is 17.0 Å². The first kappa shape index (κ1) is 18.0. The molecule has 0 unspecified atom stereocenters. The molecule has 142 valence electrons. The molecule has 1 aliphatic rings. The van der Waals surface area contributed by atoms with Crippen LogP contribution in [0.2, 0.25) is 0 Å². The number of pyridine rings is 2. The Balaban J connectivity index is 1.67. The molecule has 0 radical (unpaired) electrons. The maximum absolute atomic E-state index is 12.9.